The molecule has 1 aromatic rings. The molecule has 1 aliphatic rings. The average Bonchev–Trinajstić information content (AvgIpc) is 2.44. The molecule has 1 unspecified atom stereocenters. The van der Waals surface area contributed by atoms with Crippen molar-refractivity contribution >= 4 is 11.7 Å². The lowest BCUT2D eigenvalue weighted by molar-refractivity contribution is -0.137. The van der Waals surface area contributed by atoms with Crippen LogP contribution in [0, 0.1) is 5.82 Å². The van der Waals surface area contributed by atoms with Gasteiger partial charge in [-0.15, -0.1) is 0 Å². The Morgan fingerprint density at radius 2 is 2.43 bits per heavy atom. The first-order valence-electron chi connectivity index (χ1n) is 4.42. The summed E-state index contributed by atoms with van der Waals surface area (Å²) in [5, 5.41) is 11.6. The Bertz CT molecular complexity index is 378. The van der Waals surface area contributed by atoms with Gasteiger partial charge in [-0.1, -0.05) is 6.07 Å². The summed E-state index contributed by atoms with van der Waals surface area (Å²) in [5.74, 6) is -1.14. The lowest BCUT2D eigenvalue weighted by Crippen LogP contribution is -2.19. The van der Waals surface area contributed by atoms with Crippen LogP contribution in [-0.4, -0.2) is 17.1 Å². The summed E-state index contributed by atoms with van der Waals surface area (Å²) < 4.78 is 12.8. The summed E-state index contributed by atoms with van der Waals surface area (Å²) in [7, 11) is 0. The predicted molar refractivity (Wildman–Crippen MR) is 49.8 cm³/mol. The number of carbonyl (C=O) groups is 1. The minimum absolute atomic E-state index is 0.0658. The summed E-state index contributed by atoms with van der Waals surface area (Å²) in [6, 6.07) is 4.38. The maximum absolute atomic E-state index is 12.8. The molecule has 0 radical (unpaired) electrons. The third-order valence-electron chi connectivity index (χ3n) is 2.32. The fourth-order valence-electron chi connectivity index (χ4n) is 1.73. The van der Waals surface area contributed by atoms with Crippen LogP contribution in [0.1, 0.15) is 12.0 Å². The first-order chi connectivity index (χ1) is 6.65. The van der Waals surface area contributed by atoms with Gasteiger partial charge in [0.2, 0.25) is 0 Å². The monoisotopic (exact) mass is 195 g/mol. The Kier molecular flexibility index (Phi) is 2.11. The van der Waals surface area contributed by atoms with Crippen molar-refractivity contribution in [1.82, 2.24) is 0 Å². The summed E-state index contributed by atoms with van der Waals surface area (Å²) in [6.07, 6.45) is 0.720. The quantitative estimate of drug-likeness (QED) is 0.754. The van der Waals surface area contributed by atoms with Gasteiger partial charge < -0.3 is 10.4 Å². The summed E-state index contributed by atoms with van der Waals surface area (Å²) in [4.78, 5) is 10.5. The molecule has 0 amide bonds. The molecule has 2 N–H and O–H groups in total. The smallest absolute Gasteiger partial charge is 0.305 e. The van der Waals surface area contributed by atoms with E-state index < -0.39 is 5.97 Å². The van der Waals surface area contributed by atoms with Gasteiger partial charge in [-0.2, -0.15) is 0 Å². The van der Waals surface area contributed by atoms with Crippen LogP contribution < -0.4 is 5.32 Å². The predicted octanol–water partition coefficient (Wildman–Crippen LogP) is 1.64. The number of carboxylic acids is 1. The normalized spacial score (nSPS) is 18.8. The number of hydrogen-bond acceptors (Lipinski definition) is 2. The standard InChI is InChI=1S/C10H10FNO2/c11-7-2-1-6-3-8(5-10(13)14)12-9(6)4-7/h1-2,4,8,12H,3,5H2,(H,13,14). The highest BCUT2D eigenvalue weighted by molar-refractivity contribution is 5.70. The van der Waals surface area contributed by atoms with E-state index in [1.807, 2.05) is 0 Å². The molecule has 3 nitrogen and oxygen atoms in total. The van der Waals surface area contributed by atoms with Crippen molar-refractivity contribution in [3.05, 3.63) is 29.6 Å². The summed E-state index contributed by atoms with van der Waals surface area (Å²) in [5.41, 5.74) is 1.70. The van der Waals surface area contributed by atoms with Gasteiger partial charge >= 0.3 is 5.97 Å². The van der Waals surface area contributed by atoms with Crippen molar-refractivity contribution in [2.24, 2.45) is 0 Å². The van der Waals surface area contributed by atoms with Gasteiger partial charge in [-0.3, -0.25) is 4.79 Å². The Hall–Kier alpha value is -1.58. The van der Waals surface area contributed by atoms with E-state index >= 15 is 0 Å². The van der Waals surface area contributed by atoms with Gasteiger partial charge in [0.1, 0.15) is 5.82 Å². The van der Waals surface area contributed by atoms with Crippen LogP contribution in [0.2, 0.25) is 0 Å². The molecule has 1 aromatic carbocycles. The lowest BCUT2D eigenvalue weighted by atomic mass is 10.1. The van der Waals surface area contributed by atoms with E-state index in [2.05, 4.69) is 5.32 Å². The zero-order valence-electron chi connectivity index (χ0n) is 7.46. The van der Waals surface area contributed by atoms with Gasteiger partial charge in [-0.05, 0) is 24.1 Å². The largest absolute Gasteiger partial charge is 0.481 e. The number of rotatable bonds is 2. The zero-order valence-corrected chi connectivity index (χ0v) is 7.46. The number of carboxylic acid groups (broad SMARTS) is 1. The molecule has 0 saturated heterocycles. The van der Waals surface area contributed by atoms with Gasteiger partial charge in [0.05, 0.1) is 6.42 Å². The molecule has 1 aliphatic heterocycles. The van der Waals surface area contributed by atoms with Crippen molar-refractivity contribution in [2.75, 3.05) is 5.32 Å². The number of halogens is 1. The van der Waals surface area contributed by atoms with Gasteiger partial charge in [0.25, 0.3) is 0 Å². The molecule has 0 fully saturated rings. The zero-order chi connectivity index (χ0) is 10.1. The molecule has 0 aromatic heterocycles. The fourth-order valence-corrected chi connectivity index (χ4v) is 1.73. The average molecular weight is 195 g/mol. The minimum Gasteiger partial charge on any atom is -0.481 e. The van der Waals surface area contributed by atoms with E-state index in [-0.39, 0.29) is 18.3 Å². The Morgan fingerprint density at radius 1 is 1.64 bits per heavy atom. The van der Waals surface area contributed by atoms with Crippen LogP contribution in [0.15, 0.2) is 18.2 Å². The SMILES string of the molecule is O=C(O)CC1Cc2ccc(F)cc2N1. The highest BCUT2D eigenvalue weighted by atomic mass is 19.1. The van der Waals surface area contributed by atoms with Gasteiger partial charge in [0, 0.05) is 11.7 Å². The molecule has 1 atom stereocenters. The summed E-state index contributed by atoms with van der Waals surface area (Å²) in [6.45, 7) is 0. The molecule has 1 heterocycles. The van der Waals surface area contributed by atoms with Crippen LogP contribution in [-0.2, 0) is 11.2 Å². The van der Waals surface area contributed by atoms with Crippen LogP contribution in [0.3, 0.4) is 0 Å². The third-order valence-corrected chi connectivity index (χ3v) is 2.32. The van der Waals surface area contributed by atoms with E-state index in [0.717, 1.165) is 11.3 Å². The second-order valence-electron chi connectivity index (χ2n) is 3.44. The Balaban J connectivity index is 2.14. The fraction of sp³-hybridized carbons (Fsp3) is 0.300. The van der Waals surface area contributed by atoms with Crippen LogP contribution >= 0.6 is 0 Å². The number of aliphatic carboxylic acids is 1. The number of hydrogen-bond donors (Lipinski definition) is 2. The van der Waals surface area contributed by atoms with Crippen molar-refractivity contribution in [3.8, 4) is 0 Å². The first-order valence-corrected chi connectivity index (χ1v) is 4.42. The molecular formula is C10H10FNO2. The second-order valence-corrected chi connectivity index (χ2v) is 3.44. The van der Waals surface area contributed by atoms with Gasteiger partial charge in [0.15, 0.2) is 0 Å². The maximum Gasteiger partial charge on any atom is 0.305 e. The number of benzene rings is 1. The molecule has 14 heavy (non-hydrogen) atoms. The van der Waals surface area contributed by atoms with E-state index in [9.17, 15) is 9.18 Å². The number of fused-ring (bicyclic) bond motifs is 1. The molecular weight excluding hydrogens is 185 g/mol. The van der Waals surface area contributed by atoms with Crippen LogP contribution in [0.4, 0.5) is 10.1 Å². The van der Waals surface area contributed by atoms with Gasteiger partial charge in [-0.25, -0.2) is 4.39 Å². The molecule has 0 saturated carbocycles. The van der Waals surface area contributed by atoms with E-state index in [1.54, 1.807) is 6.07 Å². The molecule has 2 rings (SSSR count). The highest BCUT2D eigenvalue weighted by Crippen LogP contribution is 2.27. The summed E-state index contributed by atoms with van der Waals surface area (Å²) >= 11 is 0. The molecule has 0 aliphatic carbocycles. The van der Waals surface area contributed by atoms with Crippen LogP contribution in [0.25, 0.3) is 0 Å². The molecule has 4 heteroatoms. The van der Waals surface area contributed by atoms with Crippen LogP contribution in [0.5, 0.6) is 0 Å². The Labute approximate surface area is 80.6 Å². The Morgan fingerprint density at radius 3 is 3.14 bits per heavy atom. The molecule has 0 bridgehead atoms. The topological polar surface area (TPSA) is 49.3 Å². The van der Waals surface area contributed by atoms with Crippen molar-refractivity contribution in [2.45, 2.75) is 18.9 Å². The lowest BCUT2D eigenvalue weighted by Gasteiger charge is -2.06. The van der Waals surface area contributed by atoms with Crippen molar-refractivity contribution in [1.29, 1.82) is 0 Å². The number of nitrogens with one attached hydrogen (secondary N) is 1. The highest BCUT2D eigenvalue weighted by Gasteiger charge is 2.22. The van der Waals surface area contributed by atoms with Crippen molar-refractivity contribution < 1.29 is 14.3 Å². The van der Waals surface area contributed by atoms with Crippen molar-refractivity contribution in [3.63, 3.8) is 0 Å². The minimum atomic E-state index is -0.837. The van der Waals surface area contributed by atoms with E-state index in [1.165, 1.54) is 12.1 Å². The maximum atomic E-state index is 12.8. The third kappa shape index (κ3) is 1.69. The number of anilines is 1. The second kappa shape index (κ2) is 3.29. The molecule has 0 spiro atoms. The first kappa shape index (κ1) is 8.99. The molecule has 74 valence electrons. The van der Waals surface area contributed by atoms with E-state index in [4.69, 9.17) is 5.11 Å². The van der Waals surface area contributed by atoms with E-state index in [0.29, 0.717) is 6.42 Å².